The molecule has 0 aliphatic carbocycles. The average Bonchev–Trinajstić information content (AvgIpc) is 2.22. The van der Waals surface area contributed by atoms with Crippen LogP contribution in [0.25, 0.3) is 0 Å². The van der Waals surface area contributed by atoms with Crippen molar-refractivity contribution < 1.29 is 5.11 Å². The van der Waals surface area contributed by atoms with E-state index < -0.39 is 0 Å². The number of aryl methyl sites for hydroxylation is 3. The fourth-order valence-electron chi connectivity index (χ4n) is 1.85. The van der Waals surface area contributed by atoms with Crippen molar-refractivity contribution in [1.82, 2.24) is 0 Å². The van der Waals surface area contributed by atoms with Crippen LogP contribution in [0.3, 0.4) is 0 Å². The van der Waals surface area contributed by atoms with Crippen LogP contribution in [0, 0.1) is 26.7 Å². The minimum atomic E-state index is -0.335. The third-order valence-corrected chi connectivity index (χ3v) is 4.42. The van der Waals surface area contributed by atoms with Gasteiger partial charge in [-0.25, -0.2) is 0 Å². The van der Waals surface area contributed by atoms with Crippen LogP contribution < -0.4 is 0 Å². The third kappa shape index (κ3) is 4.36. The number of hydrogen-bond donors (Lipinski definition) is 1. The Hall–Kier alpha value is -0.470. The highest BCUT2D eigenvalue weighted by atomic mass is 32.2. The molecule has 0 bridgehead atoms. The Morgan fingerprint density at radius 1 is 1.00 bits per heavy atom. The summed E-state index contributed by atoms with van der Waals surface area (Å²) in [7, 11) is 0. The van der Waals surface area contributed by atoms with Gasteiger partial charge in [-0.05, 0) is 54.7 Å². The first-order valence-electron chi connectivity index (χ1n) is 6.25. The van der Waals surface area contributed by atoms with E-state index in [9.17, 15) is 5.11 Å². The van der Waals surface area contributed by atoms with E-state index >= 15 is 0 Å². The van der Waals surface area contributed by atoms with Crippen molar-refractivity contribution in [1.29, 1.82) is 0 Å². The molecule has 1 nitrogen and oxygen atoms in total. The lowest BCUT2D eigenvalue weighted by Gasteiger charge is -2.16. The summed E-state index contributed by atoms with van der Waals surface area (Å²) in [6, 6.07) is 4.30. The number of aliphatic hydroxyl groups is 1. The number of benzene rings is 1. The molecule has 0 amide bonds. The lowest BCUT2D eigenvalue weighted by atomic mass is 9.98. The number of hydrogen-bond acceptors (Lipinski definition) is 2. The first-order valence-corrected chi connectivity index (χ1v) is 7.40. The van der Waals surface area contributed by atoms with Gasteiger partial charge >= 0.3 is 0 Å². The molecule has 1 N–H and O–H groups in total. The van der Waals surface area contributed by atoms with Gasteiger partial charge in [0.05, 0.1) is 6.10 Å². The Labute approximate surface area is 110 Å². The van der Waals surface area contributed by atoms with E-state index in [2.05, 4.69) is 46.8 Å². The second-order valence-electron chi connectivity index (χ2n) is 5.24. The van der Waals surface area contributed by atoms with Crippen molar-refractivity contribution in [3.05, 3.63) is 34.4 Å². The van der Waals surface area contributed by atoms with E-state index in [4.69, 9.17) is 0 Å². The van der Waals surface area contributed by atoms with Gasteiger partial charge in [-0.1, -0.05) is 26.0 Å². The highest BCUT2D eigenvalue weighted by Gasteiger charge is 2.12. The van der Waals surface area contributed by atoms with Crippen molar-refractivity contribution in [2.24, 2.45) is 5.92 Å². The first-order chi connectivity index (χ1) is 7.91. The number of rotatable bonds is 5. The molecule has 17 heavy (non-hydrogen) atoms. The maximum Gasteiger partial charge on any atom is 0.0883 e. The molecule has 0 heterocycles. The fraction of sp³-hybridized carbons (Fsp3) is 0.600. The van der Waals surface area contributed by atoms with Gasteiger partial charge in [0.25, 0.3) is 0 Å². The Morgan fingerprint density at radius 2 is 1.59 bits per heavy atom. The van der Waals surface area contributed by atoms with Crippen molar-refractivity contribution in [2.45, 2.75) is 40.7 Å². The van der Waals surface area contributed by atoms with Crippen LogP contribution in [-0.2, 0) is 0 Å². The van der Waals surface area contributed by atoms with Crippen molar-refractivity contribution in [3.63, 3.8) is 0 Å². The SMILES string of the molecule is Cc1cc(C)c(C(O)CSCC(C)C)cc1C. The second-order valence-corrected chi connectivity index (χ2v) is 6.32. The summed E-state index contributed by atoms with van der Waals surface area (Å²) in [5.41, 5.74) is 4.85. The maximum atomic E-state index is 10.2. The fourth-order valence-corrected chi connectivity index (χ4v) is 2.86. The number of thioether (sulfide) groups is 1. The maximum absolute atomic E-state index is 10.2. The highest BCUT2D eigenvalue weighted by Crippen LogP contribution is 2.25. The summed E-state index contributed by atoms with van der Waals surface area (Å²) in [5, 5.41) is 10.2. The lowest BCUT2D eigenvalue weighted by molar-refractivity contribution is 0.203. The van der Waals surface area contributed by atoms with Gasteiger partial charge in [0.1, 0.15) is 0 Å². The molecule has 1 atom stereocenters. The zero-order valence-electron chi connectivity index (χ0n) is 11.6. The van der Waals surface area contributed by atoms with E-state index in [-0.39, 0.29) is 6.10 Å². The largest absolute Gasteiger partial charge is 0.388 e. The summed E-state index contributed by atoms with van der Waals surface area (Å²) in [4.78, 5) is 0. The van der Waals surface area contributed by atoms with Crippen molar-refractivity contribution in [2.75, 3.05) is 11.5 Å². The minimum absolute atomic E-state index is 0.335. The van der Waals surface area contributed by atoms with E-state index in [1.54, 1.807) is 0 Å². The minimum Gasteiger partial charge on any atom is -0.388 e. The first kappa shape index (κ1) is 14.6. The highest BCUT2D eigenvalue weighted by molar-refractivity contribution is 7.99. The molecule has 0 aliphatic heterocycles. The van der Waals surface area contributed by atoms with Gasteiger partial charge in [-0.3, -0.25) is 0 Å². The Bertz CT molecular complexity index is 371. The summed E-state index contributed by atoms with van der Waals surface area (Å²) in [5.74, 6) is 2.59. The quantitative estimate of drug-likeness (QED) is 0.853. The molecule has 1 unspecified atom stereocenters. The van der Waals surface area contributed by atoms with Crippen LogP contribution in [0.5, 0.6) is 0 Å². The average molecular weight is 252 g/mol. The molecule has 96 valence electrons. The van der Waals surface area contributed by atoms with Gasteiger partial charge in [-0.15, -0.1) is 0 Å². The van der Waals surface area contributed by atoms with Crippen LogP contribution in [0.2, 0.25) is 0 Å². The molecule has 0 saturated carbocycles. The van der Waals surface area contributed by atoms with Gasteiger partial charge in [0.15, 0.2) is 0 Å². The van der Waals surface area contributed by atoms with Crippen molar-refractivity contribution >= 4 is 11.8 Å². The van der Waals surface area contributed by atoms with E-state index in [1.165, 1.54) is 16.7 Å². The topological polar surface area (TPSA) is 20.2 Å². The zero-order valence-corrected chi connectivity index (χ0v) is 12.4. The van der Waals surface area contributed by atoms with Gasteiger partial charge in [0, 0.05) is 5.75 Å². The molecular formula is C15H24OS. The van der Waals surface area contributed by atoms with Gasteiger partial charge in [-0.2, -0.15) is 11.8 Å². The van der Waals surface area contributed by atoms with Crippen molar-refractivity contribution in [3.8, 4) is 0 Å². The molecule has 1 aromatic carbocycles. The molecular weight excluding hydrogens is 228 g/mol. The standard InChI is InChI=1S/C15H24OS/c1-10(2)8-17-9-15(16)14-7-12(4)11(3)6-13(14)5/h6-7,10,15-16H,8-9H2,1-5H3. The van der Waals surface area contributed by atoms with Crippen LogP contribution in [0.15, 0.2) is 12.1 Å². The summed E-state index contributed by atoms with van der Waals surface area (Å²) >= 11 is 1.83. The van der Waals surface area contributed by atoms with E-state index in [0.29, 0.717) is 5.92 Å². The molecule has 0 aliphatic rings. The summed E-state index contributed by atoms with van der Waals surface area (Å²) < 4.78 is 0. The summed E-state index contributed by atoms with van der Waals surface area (Å²) in [6.07, 6.45) is -0.335. The number of aliphatic hydroxyl groups excluding tert-OH is 1. The zero-order chi connectivity index (χ0) is 13.0. The Kier molecular flexibility index (Phi) is 5.54. The third-order valence-electron chi connectivity index (χ3n) is 2.97. The molecule has 1 rings (SSSR count). The monoisotopic (exact) mass is 252 g/mol. The molecule has 0 fully saturated rings. The molecule has 1 aromatic rings. The second kappa shape index (κ2) is 6.46. The Morgan fingerprint density at radius 3 is 2.18 bits per heavy atom. The predicted molar refractivity (Wildman–Crippen MR) is 77.8 cm³/mol. The molecule has 2 heteroatoms. The van der Waals surface area contributed by atoms with Gasteiger partial charge in [0.2, 0.25) is 0 Å². The smallest absolute Gasteiger partial charge is 0.0883 e. The van der Waals surface area contributed by atoms with E-state index in [0.717, 1.165) is 17.1 Å². The molecule has 0 saturated heterocycles. The van der Waals surface area contributed by atoms with Crippen LogP contribution in [0.4, 0.5) is 0 Å². The van der Waals surface area contributed by atoms with Crippen LogP contribution >= 0.6 is 11.8 Å². The normalized spacial score (nSPS) is 13.1. The molecule has 0 radical (unpaired) electrons. The van der Waals surface area contributed by atoms with E-state index in [1.807, 2.05) is 11.8 Å². The lowest BCUT2D eigenvalue weighted by Crippen LogP contribution is -2.05. The molecule has 0 aromatic heterocycles. The summed E-state index contributed by atoms with van der Waals surface area (Å²) in [6.45, 7) is 10.7. The van der Waals surface area contributed by atoms with Crippen LogP contribution in [0.1, 0.15) is 42.2 Å². The predicted octanol–water partition coefficient (Wildman–Crippen LogP) is 4.03. The molecule has 0 spiro atoms. The van der Waals surface area contributed by atoms with Crippen LogP contribution in [-0.4, -0.2) is 16.6 Å². The Balaban J connectivity index is 2.68. The van der Waals surface area contributed by atoms with Gasteiger partial charge < -0.3 is 5.11 Å².